The van der Waals surface area contributed by atoms with E-state index in [0.717, 1.165) is 44.9 Å². The Balaban J connectivity index is 3.38. The number of aliphatic carboxylic acids is 1. The summed E-state index contributed by atoms with van der Waals surface area (Å²) < 4.78 is 0. The lowest BCUT2D eigenvalue weighted by atomic mass is 10.2. The van der Waals surface area contributed by atoms with Crippen LogP contribution in [-0.2, 0) is 4.79 Å². The molecule has 0 rings (SSSR count). The van der Waals surface area contributed by atoms with Crippen molar-refractivity contribution in [1.82, 2.24) is 0 Å². The van der Waals surface area contributed by atoms with Gasteiger partial charge in [0.2, 0.25) is 0 Å². The highest BCUT2D eigenvalue weighted by Crippen LogP contribution is 2.01. The van der Waals surface area contributed by atoms with E-state index in [2.05, 4.69) is 55.5 Å². The first kappa shape index (κ1) is 18.4. The van der Waals surface area contributed by atoms with E-state index in [9.17, 15) is 4.79 Å². The second-order valence-electron chi connectivity index (χ2n) is 4.64. The normalized spacial score (nSPS) is 12.4. The molecule has 0 aliphatic heterocycles. The van der Waals surface area contributed by atoms with E-state index in [1.807, 2.05) is 0 Å². The topological polar surface area (TPSA) is 37.3 Å². The fourth-order valence-corrected chi connectivity index (χ4v) is 1.64. The van der Waals surface area contributed by atoms with Crippen molar-refractivity contribution in [2.45, 2.75) is 58.3 Å². The number of unbranched alkanes of at least 4 members (excludes halogenated alkanes) is 2. The van der Waals surface area contributed by atoms with Gasteiger partial charge in [0.25, 0.3) is 0 Å². The highest BCUT2D eigenvalue weighted by Gasteiger charge is 1.93. The van der Waals surface area contributed by atoms with E-state index >= 15 is 0 Å². The molecule has 112 valence electrons. The predicted molar refractivity (Wildman–Crippen MR) is 86.8 cm³/mol. The Morgan fingerprint density at radius 1 is 0.800 bits per heavy atom. The maximum absolute atomic E-state index is 10.3. The molecule has 0 aromatic carbocycles. The SMILES string of the molecule is CCC=CCC=CC/C=C\C/C=C\CCCCC(=O)O. The average Bonchev–Trinajstić information content (AvgIpc) is 2.43. The summed E-state index contributed by atoms with van der Waals surface area (Å²) in [5.74, 6) is -0.699. The minimum absolute atomic E-state index is 0.285. The largest absolute Gasteiger partial charge is 0.481 e. The highest BCUT2D eigenvalue weighted by molar-refractivity contribution is 5.66. The molecule has 2 nitrogen and oxygen atoms in total. The zero-order valence-electron chi connectivity index (χ0n) is 12.6. The van der Waals surface area contributed by atoms with Gasteiger partial charge in [0, 0.05) is 6.42 Å². The standard InChI is InChI=1S/C18H28O2/c1-2-3-4-5-6-7-8-9-10-11-12-13-14-15-16-17-18(19)20/h3-4,6-7,9-10,12-13H,2,5,8,11,14-17H2,1H3,(H,19,20)/b4-3?,7-6?,10-9-,13-12-. The van der Waals surface area contributed by atoms with Crippen molar-refractivity contribution in [2.24, 2.45) is 0 Å². The summed E-state index contributed by atoms with van der Waals surface area (Å²) in [6, 6.07) is 0. The van der Waals surface area contributed by atoms with Gasteiger partial charge < -0.3 is 5.11 Å². The number of allylic oxidation sites excluding steroid dienone is 8. The van der Waals surface area contributed by atoms with Crippen LogP contribution in [0.5, 0.6) is 0 Å². The quantitative estimate of drug-likeness (QED) is 0.381. The van der Waals surface area contributed by atoms with Gasteiger partial charge in [0.05, 0.1) is 0 Å². The molecule has 0 fully saturated rings. The van der Waals surface area contributed by atoms with Crippen molar-refractivity contribution >= 4 is 5.97 Å². The molecular formula is C18H28O2. The number of carbonyl (C=O) groups is 1. The molecule has 0 amide bonds. The molecule has 0 aliphatic carbocycles. The van der Waals surface area contributed by atoms with E-state index in [4.69, 9.17) is 5.11 Å². The molecule has 0 unspecified atom stereocenters. The molecule has 0 aromatic heterocycles. The number of hydrogen-bond donors (Lipinski definition) is 1. The fraction of sp³-hybridized carbons (Fsp3) is 0.500. The summed E-state index contributed by atoms with van der Waals surface area (Å²) in [5.41, 5.74) is 0. The van der Waals surface area contributed by atoms with Gasteiger partial charge >= 0.3 is 5.97 Å². The van der Waals surface area contributed by atoms with Crippen molar-refractivity contribution in [2.75, 3.05) is 0 Å². The van der Waals surface area contributed by atoms with Crippen LogP contribution in [-0.4, -0.2) is 11.1 Å². The highest BCUT2D eigenvalue weighted by atomic mass is 16.4. The molecule has 0 saturated heterocycles. The first-order valence-corrected chi connectivity index (χ1v) is 7.59. The van der Waals surface area contributed by atoms with Crippen molar-refractivity contribution in [1.29, 1.82) is 0 Å². The van der Waals surface area contributed by atoms with Gasteiger partial charge in [0.15, 0.2) is 0 Å². The second kappa shape index (κ2) is 15.5. The summed E-state index contributed by atoms with van der Waals surface area (Å²) in [6.45, 7) is 2.14. The van der Waals surface area contributed by atoms with Crippen LogP contribution in [0, 0.1) is 0 Å². The third kappa shape index (κ3) is 16.4. The lowest BCUT2D eigenvalue weighted by molar-refractivity contribution is -0.137. The molecule has 0 radical (unpaired) electrons. The maximum atomic E-state index is 10.3. The molecule has 2 heteroatoms. The molecule has 0 aliphatic rings. The molecule has 0 spiro atoms. The molecule has 0 aromatic rings. The van der Waals surface area contributed by atoms with Gasteiger partial charge in [-0.2, -0.15) is 0 Å². The first-order valence-electron chi connectivity index (χ1n) is 7.59. The molecular weight excluding hydrogens is 248 g/mol. The summed E-state index contributed by atoms with van der Waals surface area (Å²) in [7, 11) is 0. The second-order valence-corrected chi connectivity index (χ2v) is 4.64. The number of hydrogen-bond acceptors (Lipinski definition) is 1. The molecule has 20 heavy (non-hydrogen) atoms. The predicted octanol–water partition coefficient (Wildman–Crippen LogP) is 5.44. The van der Waals surface area contributed by atoms with Crippen LogP contribution in [0.2, 0.25) is 0 Å². The molecule has 0 saturated carbocycles. The average molecular weight is 276 g/mol. The van der Waals surface area contributed by atoms with Gasteiger partial charge in [-0.3, -0.25) is 4.79 Å². The monoisotopic (exact) mass is 276 g/mol. The third-order valence-electron chi connectivity index (χ3n) is 2.73. The van der Waals surface area contributed by atoms with Crippen molar-refractivity contribution in [3.63, 3.8) is 0 Å². The van der Waals surface area contributed by atoms with E-state index in [1.54, 1.807) is 0 Å². The summed E-state index contributed by atoms with van der Waals surface area (Å²) in [5, 5.41) is 8.48. The zero-order valence-corrected chi connectivity index (χ0v) is 12.6. The number of carboxylic acid groups (broad SMARTS) is 1. The Labute approximate surface area is 123 Å². The Bertz CT molecular complexity index is 335. The minimum Gasteiger partial charge on any atom is -0.481 e. The van der Waals surface area contributed by atoms with Crippen LogP contribution in [0.1, 0.15) is 58.3 Å². The van der Waals surface area contributed by atoms with Crippen LogP contribution in [0.4, 0.5) is 0 Å². The Hall–Kier alpha value is -1.57. The summed E-state index contributed by atoms with van der Waals surface area (Å²) in [4.78, 5) is 10.3. The van der Waals surface area contributed by atoms with Crippen LogP contribution in [0.3, 0.4) is 0 Å². The fourth-order valence-electron chi connectivity index (χ4n) is 1.64. The van der Waals surface area contributed by atoms with Gasteiger partial charge in [-0.15, -0.1) is 0 Å². The molecule has 0 bridgehead atoms. The van der Waals surface area contributed by atoms with E-state index < -0.39 is 5.97 Å². The third-order valence-corrected chi connectivity index (χ3v) is 2.73. The van der Waals surface area contributed by atoms with Crippen molar-refractivity contribution in [3.8, 4) is 0 Å². The van der Waals surface area contributed by atoms with Crippen LogP contribution in [0.15, 0.2) is 48.6 Å². The first-order chi connectivity index (χ1) is 9.77. The van der Waals surface area contributed by atoms with Crippen molar-refractivity contribution < 1.29 is 9.90 Å². The summed E-state index contributed by atoms with van der Waals surface area (Å²) in [6.07, 6.45) is 24.4. The van der Waals surface area contributed by atoms with Gasteiger partial charge in [-0.05, 0) is 44.9 Å². The van der Waals surface area contributed by atoms with Gasteiger partial charge in [-0.1, -0.05) is 55.5 Å². The Morgan fingerprint density at radius 3 is 1.80 bits per heavy atom. The number of rotatable bonds is 12. The molecule has 0 atom stereocenters. The minimum atomic E-state index is -0.699. The maximum Gasteiger partial charge on any atom is 0.303 e. The van der Waals surface area contributed by atoms with Gasteiger partial charge in [-0.25, -0.2) is 0 Å². The van der Waals surface area contributed by atoms with E-state index in [0.29, 0.717) is 0 Å². The summed E-state index contributed by atoms with van der Waals surface area (Å²) >= 11 is 0. The Kier molecular flexibility index (Phi) is 14.3. The molecule has 0 heterocycles. The lowest BCUT2D eigenvalue weighted by Crippen LogP contribution is -1.92. The van der Waals surface area contributed by atoms with Crippen LogP contribution in [0.25, 0.3) is 0 Å². The number of carboxylic acids is 1. The van der Waals surface area contributed by atoms with Crippen LogP contribution >= 0.6 is 0 Å². The molecule has 1 N–H and O–H groups in total. The lowest BCUT2D eigenvalue weighted by Gasteiger charge is -1.92. The van der Waals surface area contributed by atoms with Crippen molar-refractivity contribution in [3.05, 3.63) is 48.6 Å². The zero-order chi connectivity index (χ0) is 14.9. The Morgan fingerprint density at radius 2 is 1.30 bits per heavy atom. The van der Waals surface area contributed by atoms with Crippen LogP contribution < -0.4 is 0 Å². The van der Waals surface area contributed by atoms with E-state index in [-0.39, 0.29) is 6.42 Å². The van der Waals surface area contributed by atoms with E-state index in [1.165, 1.54) is 0 Å². The van der Waals surface area contributed by atoms with Gasteiger partial charge in [0.1, 0.15) is 0 Å². The smallest absolute Gasteiger partial charge is 0.303 e.